The molecule has 2 rings (SSSR count). The number of carbonyl (C=O) groups excluding carboxylic acids is 1. The number of rotatable bonds is 2. The van der Waals surface area contributed by atoms with E-state index in [4.69, 9.17) is 11.6 Å². The SMILES string of the molecule is O=Cc1cc(-c2ccc(Cl)cc2)ccc1F. The summed E-state index contributed by atoms with van der Waals surface area (Å²) < 4.78 is 13.1. The molecule has 80 valence electrons. The molecule has 1 nitrogen and oxygen atoms in total. The monoisotopic (exact) mass is 234 g/mol. The summed E-state index contributed by atoms with van der Waals surface area (Å²) in [5.41, 5.74) is 1.75. The van der Waals surface area contributed by atoms with Gasteiger partial charge in [-0.3, -0.25) is 4.79 Å². The average molecular weight is 235 g/mol. The lowest BCUT2D eigenvalue weighted by molar-refractivity contribution is 0.112. The molecule has 0 N–H and O–H groups in total. The Morgan fingerprint density at radius 2 is 1.62 bits per heavy atom. The summed E-state index contributed by atoms with van der Waals surface area (Å²) >= 11 is 5.77. The highest BCUT2D eigenvalue weighted by Gasteiger charge is 2.04. The highest BCUT2D eigenvalue weighted by atomic mass is 35.5. The lowest BCUT2D eigenvalue weighted by Crippen LogP contribution is -1.88. The van der Waals surface area contributed by atoms with Crippen LogP contribution in [0.1, 0.15) is 10.4 Å². The zero-order valence-corrected chi connectivity index (χ0v) is 9.04. The molecular weight excluding hydrogens is 227 g/mol. The molecule has 0 heterocycles. The molecule has 0 aromatic heterocycles. The van der Waals surface area contributed by atoms with E-state index in [0.717, 1.165) is 11.1 Å². The third-order valence-electron chi connectivity index (χ3n) is 2.30. The van der Waals surface area contributed by atoms with Crippen LogP contribution in [0.4, 0.5) is 4.39 Å². The summed E-state index contributed by atoms with van der Waals surface area (Å²) in [7, 11) is 0. The van der Waals surface area contributed by atoms with Crippen LogP contribution < -0.4 is 0 Å². The topological polar surface area (TPSA) is 17.1 Å². The van der Waals surface area contributed by atoms with Crippen molar-refractivity contribution in [3.63, 3.8) is 0 Å². The molecule has 0 aliphatic carbocycles. The fourth-order valence-electron chi connectivity index (χ4n) is 1.46. The van der Waals surface area contributed by atoms with E-state index in [1.807, 2.05) is 12.1 Å². The minimum atomic E-state index is -0.507. The standard InChI is InChI=1S/C13H8ClFO/c14-12-4-1-9(2-5-12)10-3-6-13(15)11(7-10)8-16/h1-8H. The van der Waals surface area contributed by atoms with E-state index in [2.05, 4.69) is 0 Å². The number of halogens is 2. The van der Waals surface area contributed by atoms with Gasteiger partial charge in [0, 0.05) is 5.02 Å². The van der Waals surface area contributed by atoms with Gasteiger partial charge in [0.05, 0.1) is 5.56 Å². The van der Waals surface area contributed by atoms with Gasteiger partial charge >= 0.3 is 0 Å². The average Bonchev–Trinajstić information content (AvgIpc) is 2.31. The Bertz CT molecular complexity index is 520. The zero-order valence-electron chi connectivity index (χ0n) is 8.28. The molecule has 0 aliphatic rings. The number of hydrogen-bond acceptors (Lipinski definition) is 1. The van der Waals surface area contributed by atoms with Gasteiger partial charge in [-0.1, -0.05) is 29.8 Å². The first-order chi connectivity index (χ1) is 7.70. The molecule has 0 fully saturated rings. The first-order valence-corrected chi connectivity index (χ1v) is 5.09. The minimum absolute atomic E-state index is 0.0625. The van der Waals surface area contributed by atoms with Gasteiger partial charge < -0.3 is 0 Å². The number of carbonyl (C=O) groups is 1. The second kappa shape index (κ2) is 4.45. The second-order valence-corrected chi connectivity index (χ2v) is 3.80. The molecule has 16 heavy (non-hydrogen) atoms. The Labute approximate surface area is 97.5 Å². The molecule has 0 radical (unpaired) electrons. The third-order valence-corrected chi connectivity index (χ3v) is 2.55. The van der Waals surface area contributed by atoms with Gasteiger partial charge in [-0.25, -0.2) is 4.39 Å². The molecule has 0 unspecified atom stereocenters. The smallest absolute Gasteiger partial charge is 0.153 e. The fraction of sp³-hybridized carbons (Fsp3) is 0. The molecule has 0 aliphatic heterocycles. The minimum Gasteiger partial charge on any atom is -0.298 e. The maximum Gasteiger partial charge on any atom is 0.153 e. The van der Waals surface area contributed by atoms with Crippen molar-refractivity contribution in [1.29, 1.82) is 0 Å². The van der Waals surface area contributed by atoms with Crippen LogP contribution >= 0.6 is 11.6 Å². The first kappa shape index (κ1) is 10.8. The largest absolute Gasteiger partial charge is 0.298 e. The van der Waals surface area contributed by atoms with Crippen molar-refractivity contribution in [2.24, 2.45) is 0 Å². The maximum absolute atomic E-state index is 13.1. The quantitative estimate of drug-likeness (QED) is 0.719. The van der Waals surface area contributed by atoms with E-state index in [1.165, 1.54) is 12.1 Å². The normalized spacial score (nSPS) is 10.1. The Hall–Kier alpha value is -1.67. The lowest BCUT2D eigenvalue weighted by atomic mass is 10.0. The lowest BCUT2D eigenvalue weighted by Gasteiger charge is -2.03. The summed E-state index contributed by atoms with van der Waals surface area (Å²) in [5, 5.41) is 0.640. The van der Waals surface area contributed by atoms with Crippen molar-refractivity contribution in [1.82, 2.24) is 0 Å². The van der Waals surface area contributed by atoms with Crippen molar-refractivity contribution >= 4 is 17.9 Å². The van der Waals surface area contributed by atoms with Gasteiger partial charge in [-0.2, -0.15) is 0 Å². The molecule has 2 aromatic carbocycles. The first-order valence-electron chi connectivity index (χ1n) is 4.71. The van der Waals surface area contributed by atoms with Crippen LogP contribution in [0.5, 0.6) is 0 Å². The van der Waals surface area contributed by atoms with Crippen LogP contribution in [-0.4, -0.2) is 6.29 Å². The summed E-state index contributed by atoms with van der Waals surface area (Å²) in [6.45, 7) is 0. The Morgan fingerprint density at radius 3 is 2.25 bits per heavy atom. The molecular formula is C13H8ClFO. The van der Waals surface area contributed by atoms with E-state index in [1.54, 1.807) is 18.2 Å². The van der Waals surface area contributed by atoms with Crippen molar-refractivity contribution in [3.8, 4) is 11.1 Å². The van der Waals surface area contributed by atoms with Crippen molar-refractivity contribution < 1.29 is 9.18 Å². The highest BCUT2D eigenvalue weighted by molar-refractivity contribution is 6.30. The summed E-state index contributed by atoms with van der Waals surface area (Å²) in [4.78, 5) is 10.6. The van der Waals surface area contributed by atoms with Crippen molar-refractivity contribution in [2.75, 3.05) is 0 Å². The number of benzene rings is 2. The molecule has 3 heteroatoms. The molecule has 0 bridgehead atoms. The predicted octanol–water partition coefficient (Wildman–Crippen LogP) is 3.96. The van der Waals surface area contributed by atoms with Gasteiger partial charge in [-0.15, -0.1) is 0 Å². The fourth-order valence-corrected chi connectivity index (χ4v) is 1.58. The molecule has 0 saturated heterocycles. The highest BCUT2D eigenvalue weighted by Crippen LogP contribution is 2.23. The van der Waals surface area contributed by atoms with Crippen LogP contribution in [0.25, 0.3) is 11.1 Å². The maximum atomic E-state index is 13.1. The Morgan fingerprint density at radius 1 is 1.00 bits per heavy atom. The van der Waals surface area contributed by atoms with Crippen LogP contribution in [0.15, 0.2) is 42.5 Å². The van der Waals surface area contributed by atoms with Crippen LogP contribution in [0.2, 0.25) is 5.02 Å². The van der Waals surface area contributed by atoms with Gasteiger partial charge in [0.25, 0.3) is 0 Å². The Balaban J connectivity index is 2.48. The summed E-state index contributed by atoms with van der Waals surface area (Å²) in [5.74, 6) is -0.507. The van der Waals surface area contributed by atoms with Crippen molar-refractivity contribution in [2.45, 2.75) is 0 Å². The number of aldehydes is 1. The predicted molar refractivity (Wildman–Crippen MR) is 62.2 cm³/mol. The van der Waals surface area contributed by atoms with Gasteiger partial charge in [0.15, 0.2) is 6.29 Å². The zero-order chi connectivity index (χ0) is 11.5. The number of hydrogen-bond donors (Lipinski definition) is 0. The van der Waals surface area contributed by atoms with Gasteiger partial charge in [0.1, 0.15) is 5.82 Å². The summed E-state index contributed by atoms with van der Waals surface area (Å²) in [6.07, 6.45) is 0.509. The van der Waals surface area contributed by atoms with E-state index >= 15 is 0 Å². The molecule has 0 atom stereocenters. The molecule has 0 saturated carbocycles. The van der Waals surface area contributed by atoms with E-state index in [-0.39, 0.29) is 5.56 Å². The van der Waals surface area contributed by atoms with Crippen LogP contribution in [0.3, 0.4) is 0 Å². The summed E-state index contributed by atoms with van der Waals surface area (Å²) in [6, 6.07) is 11.6. The molecule has 2 aromatic rings. The van der Waals surface area contributed by atoms with Crippen LogP contribution in [0, 0.1) is 5.82 Å². The van der Waals surface area contributed by atoms with Crippen molar-refractivity contribution in [3.05, 3.63) is 58.9 Å². The van der Waals surface area contributed by atoms with Crippen LogP contribution in [-0.2, 0) is 0 Å². The molecule has 0 amide bonds. The second-order valence-electron chi connectivity index (χ2n) is 3.36. The Kier molecular flexibility index (Phi) is 3.02. The third kappa shape index (κ3) is 2.12. The van der Waals surface area contributed by atoms with Gasteiger partial charge in [-0.05, 0) is 35.4 Å². The molecule has 0 spiro atoms. The van der Waals surface area contributed by atoms with E-state index < -0.39 is 5.82 Å². The van der Waals surface area contributed by atoms with E-state index in [9.17, 15) is 9.18 Å². The van der Waals surface area contributed by atoms with E-state index in [0.29, 0.717) is 11.3 Å². The van der Waals surface area contributed by atoms with Gasteiger partial charge in [0.2, 0.25) is 0 Å².